The minimum absolute atomic E-state index is 0.101. The topological polar surface area (TPSA) is 75.0 Å². The highest BCUT2D eigenvalue weighted by molar-refractivity contribution is 6.31. The van der Waals surface area contributed by atoms with E-state index < -0.39 is 5.91 Å². The Hall–Kier alpha value is -3.07. The lowest BCUT2D eigenvalue weighted by molar-refractivity contribution is -0.112. The van der Waals surface area contributed by atoms with E-state index in [4.69, 9.17) is 27.9 Å². The van der Waals surface area contributed by atoms with Crippen molar-refractivity contribution in [1.82, 2.24) is 4.98 Å². The Bertz CT molecular complexity index is 1090. The lowest BCUT2D eigenvalue weighted by Crippen LogP contribution is -2.13. The van der Waals surface area contributed by atoms with Crippen molar-refractivity contribution >= 4 is 51.8 Å². The molecule has 5 nitrogen and oxygen atoms in total. The van der Waals surface area contributed by atoms with Gasteiger partial charge in [-0.2, -0.15) is 5.26 Å². The van der Waals surface area contributed by atoms with Crippen LogP contribution in [0.1, 0.15) is 5.56 Å². The lowest BCUT2D eigenvalue weighted by atomic mass is 10.1. The average Bonchev–Trinajstić information content (AvgIpc) is 2.67. The number of hydrogen-bond donors (Lipinski definition) is 1. The highest BCUT2D eigenvalue weighted by atomic mass is 35.5. The smallest absolute Gasteiger partial charge is 0.266 e. The minimum atomic E-state index is -0.554. The normalized spacial score (nSPS) is 11.1. The fourth-order valence-corrected chi connectivity index (χ4v) is 2.74. The number of benzene rings is 2. The zero-order chi connectivity index (χ0) is 19.4. The molecule has 0 aliphatic carbocycles. The zero-order valence-corrected chi connectivity index (χ0v) is 15.7. The van der Waals surface area contributed by atoms with Gasteiger partial charge in [0.2, 0.25) is 0 Å². The van der Waals surface area contributed by atoms with Crippen molar-refractivity contribution < 1.29 is 9.53 Å². The van der Waals surface area contributed by atoms with E-state index in [-0.39, 0.29) is 10.7 Å². The van der Waals surface area contributed by atoms with E-state index in [9.17, 15) is 10.1 Å². The molecule has 27 heavy (non-hydrogen) atoms. The molecule has 1 amide bonds. The monoisotopic (exact) mass is 397 g/mol. The molecule has 3 rings (SSSR count). The molecular formula is C20H13Cl2N3O2. The molecule has 0 saturated carbocycles. The summed E-state index contributed by atoms with van der Waals surface area (Å²) in [6.07, 6.45) is 1.40. The van der Waals surface area contributed by atoms with Gasteiger partial charge in [-0.15, -0.1) is 0 Å². The number of anilines is 1. The van der Waals surface area contributed by atoms with Crippen LogP contribution >= 0.6 is 23.2 Å². The van der Waals surface area contributed by atoms with Gasteiger partial charge in [0, 0.05) is 21.7 Å². The third kappa shape index (κ3) is 4.37. The van der Waals surface area contributed by atoms with Gasteiger partial charge in [-0.3, -0.25) is 4.79 Å². The minimum Gasteiger partial charge on any atom is -0.497 e. The predicted molar refractivity (Wildman–Crippen MR) is 107 cm³/mol. The maximum absolute atomic E-state index is 12.4. The molecule has 0 aliphatic rings. The number of fused-ring (bicyclic) bond motifs is 1. The van der Waals surface area contributed by atoms with E-state index in [1.165, 1.54) is 6.08 Å². The summed E-state index contributed by atoms with van der Waals surface area (Å²) in [5.74, 6) is 0.115. The van der Waals surface area contributed by atoms with Gasteiger partial charge in [-0.05, 0) is 54.6 Å². The fraction of sp³-hybridized carbons (Fsp3) is 0.0500. The molecule has 0 bridgehead atoms. The zero-order valence-electron chi connectivity index (χ0n) is 14.2. The van der Waals surface area contributed by atoms with Crippen LogP contribution in [-0.4, -0.2) is 18.0 Å². The first-order chi connectivity index (χ1) is 13.0. The van der Waals surface area contributed by atoms with Crippen LogP contribution in [0, 0.1) is 11.3 Å². The molecule has 1 N–H and O–H groups in total. The van der Waals surface area contributed by atoms with Crippen LogP contribution in [0.3, 0.4) is 0 Å². The Morgan fingerprint density at radius 2 is 1.93 bits per heavy atom. The van der Waals surface area contributed by atoms with E-state index in [1.807, 2.05) is 6.07 Å². The number of nitrogens with one attached hydrogen (secondary N) is 1. The van der Waals surface area contributed by atoms with Crippen LogP contribution in [0.4, 0.5) is 5.69 Å². The van der Waals surface area contributed by atoms with Crippen LogP contribution in [0.25, 0.3) is 17.0 Å². The van der Waals surface area contributed by atoms with Gasteiger partial charge in [0.1, 0.15) is 22.5 Å². The molecule has 0 atom stereocenters. The summed E-state index contributed by atoms with van der Waals surface area (Å²) in [6.45, 7) is 0. The van der Waals surface area contributed by atoms with Gasteiger partial charge in [0.25, 0.3) is 5.91 Å². The molecule has 0 saturated heterocycles. The number of amides is 1. The van der Waals surface area contributed by atoms with Crippen molar-refractivity contribution in [3.63, 3.8) is 0 Å². The number of carbonyl (C=O) groups is 1. The van der Waals surface area contributed by atoms with Crippen molar-refractivity contribution in [3.8, 4) is 11.8 Å². The van der Waals surface area contributed by atoms with Crippen LogP contribution in [-0.2, 0) is 4.79 Å². The third-order valence-electron chi connectivity index (χ3n) is 3.77. The number of rotatable bonds is 4. The Morgan fingerprint density at radius 3 is 2.59 bits per heavy atom. The fourth-order valence-electron chi connectivity index (χ4n) is 2.41. The van der Waals surface area contributed by atoms with Gasteiger partial charge in [0.05, 0.1) is 12.6 Å². The first-order valence-corrected chi connectivity index (χ1v) is 8.59. The molecule has 0 aliphatic heterocycles. The number of pyridine rings is 1. The summed E-state index contributed by atoms with van der Waals surface area (Å²) >= 11 is 12.0. The van der Waals surface area contributed by atoms with E-state index in [0.717, 1.165) is 5.39 Å². The maximum Gasteiger partial charge on any atom is 0.266 e. The lowest BCUT2D eigenvalue weighted by Gasteiger charge is -2.07. The number of ether oxygens (including phenoxy) is 1. The number of methoxy groups -OCH3 is 1. The standard InChI is InChI=1S/C20H13Cl2N3O2/c1-27-17-6-7-18-12(10-17)8-13(19(22)25-18)9-14(11-23)20(26)24-16-4-2-15(21)3-5-16/h2-10H,1H3,(H,24,26)/b14-9+. The van der Waals surface area contributed by atoms with Crippen LogP contribution in [0.15, 0.2) is 54.1 Å². The molecule has 1 heterocycles. The van der Waals surface area contributed by atoms with Crippen molar-refractivity contribution in [1.29, 1.82) is 5.26 Å². The highest BCUT2D eigenvalue weighted by Gasteiger charge is 2.12. The molecule has 3 aromatic rings. The summed E-state index contributed by atoms with van der Waals surface area (Å²) in [4.78, 5) is 16.7. The molecule has 0 radical (unpaired) electrons. The van der Waals surface area contributed by atoms with E-state index >= 15 is 0 Å². The number of carbonyl (C=O) groups excluding carboxylic acids is 1. The molecule has 0 spiro atoms. The third-order valence-corrected chi connectivity index (χ3v) is 4.32. The highest BCUT2D eigenvalue weighted by Crippen LogP contribution is 2.26. The number of halogens is 2. The van der Waals surface area contributed by atoms with Crippen LogP contribution < -0.4 is 10.1 Å². The number of nitrogens with zero attached hydrogens (tertiary/aromatic N) is 2. The van der Waals surface area contributed by atoms with E-state index in [2.05, 4.69) is 10.3 Å². The molecule has 0 unspecified atom stereocenters. The summed E-state index contributed by atoms with van der Waals surface area (Å²) in [7, 11) is 1.57. The summed E-state index contributed by atoms with van der Waals surface area (Å²) in [5.41, 5.74) is 1.57. The number of hydrogen-bond acceptors (Lipinski definition) is 4. The summed E-state index contributed by atoms with van der Waals surface area (Å²) in [6, 6.07) is 15.6. The molecule has 1 aromatic heterocycles. The van der Waals surface area contributed by atoms with Crippen LogP contribution in [0.5, 0.6) is 5.75 Å². The van der Waals surface area contributed by atoms with Gasteiger partial charge < -0.3 is 10.1 Å². The van der Waals surface area contributed by atoms with Crippen molar-refractivity contribution in [2.45, 2.75) is 0 Å². The molecule has 7 heteroatoms. The van der Waals surface area contributed by atoms with E-state index in [0.29, 0.717) is 27.5 Å². The SMILES string of the molecule is COc1ccc2nc(Cl)c(/C=C(\C#N)C(=O)Nc3ccc(Cl)cc3)cc2c1. The largest absolute Gasteiger partial charge is 0.497 e. The second-order valence-electron chi connectivity index (χ2n) is 5.56. The number of nitriles is 1. The first-order valence-electron chi connectivity index (χ1n) is 7.83. The Kier molecular flexibility index (Phi) is 5.60. The van der Waals surface area contributed by atoms with Gasteiger partial charge in [-0.1, -0.05) is 23.2 Å². The molecule has 134 valence electrons. The Labute approximate surface area is 165 Å². The second-order valence-corrected chi connectivity index (χ2v) is 6.35. The predicted octanol–water partition coefficient (Wildman–Crippen LogP) is 5.10. The van der Waals surface area contributed by atoms with Gasteiger partial charge >= 0.3 is 0 Å². The van der Waals surface area contributed by atoms with E-state index in [1.54, 1.807) is 55.6 Å². The molecule has 2 aromatic carbocycles. The average molecular weight is 398 g/mol. The Balaban J connectivity index is 1.94. The van der Waals surface area contributed by atoms with Crippen molar-refractivity contribution in [2.75, 3.05) is 12.4 Å². The van der Waals surface area contributed by atoms with Gasteiger partial charge in [0.15, 0.2) is 0 Å². The second kappa shape index (κ2) is 8.09. The molecule has 0 fully saturated rings. The Morgan fingerprint density at radius 1 is 1.19 bits per heavy atom. The quantitative estimate of drug-likeness (QED) is 0.377. The summed E-state index contributed by atoms with van der Waals surface area (Å²) in [5, 5.41) is 13.5. The van der Waals surface area contributed by atoms with Gasteiger partial charge in [-0.25, -0.2) is 4.98 Å². The van der Waals surface area contributed by atoms with Crippen molar-refractivity contribution in [2.24, 2.45) is 0 Å². The molecular weight excluding hydrogens is 385 g/mol. The number of aromatic nitrogens is 1. The first kappa shape index (κ1) is 18.7. The maximum atomic E-state index is 12.4. The van der Waals surface area contributed by atoms with Crippen molar-refractivity contribution in [3.05, 3.63) is 69.8 Å². The van der Waals surface area contributed by atoms with Crippen LogP contribution in [0.2, 0.25) is 10.2 Å². The summed E-state index contributed by atoms with van der Waals surface area (Å²) < 4.78 is 5.21.